The highest BCUT2D eigenvalue weighted by Gasteiger charge is 2.14. The van der Waals surface area contributed by atoms with E-state index >= 15 is 0 Å². The minimum absolute atomic E-state index is 0.263. The monoisotopic (exact) mass is 269 g/mol. The van der Waals surface area contributed by atoms with Crippen LogP contribution in [0.1, 0.15) is 44.2 Å². The average Bonchev–Trinajstić information content (AvgIpc) is 2.42. The van der Waals surface area contributed by atoms with Gasteiger partial charge in [0.05, 0.1) is 11.6 Å². The molecule has 0 spiro atoms. The molecular formula is C17H19NO2. The highest BCUT2D eigenvalue weighted by atomic mass is 16.4. The first-order valence-electron chi connectivity index (χ1n) is 6.56. The second-order valence-electron chi connectivity index (χ2n) is 5.20. The van der Waals surface area contributed by atoms with Crippen molar-refractivity contribution in [1.29, 1.82) is 0 Å². The van der Waals surface area contributed by atoms with Crippen molar-refractivity contribution in [2.75, 3.05) is 0 Å². The molecule has 2 aromatic carbocycles. The fraction of sp³-hybridized carbons (Fsp3) is 0.235. The Morgan fingerprint density at radius 3 is 2.35 bits per heavy atom. The molecule has 0 bridgehead atoms. The number of aryl methyl sites for hydroxylation is 3. The smallest absolute Gasteiger partial charge is 0.335 e. The maximum absolute atomic E-state index is 11.0. The molecule has 0 fully saturated rings. The van der Waals surface area contributed by atoms with Crippen LogP contribution < -0.4 is 5.73 Å². The largest absolute Gasteiger partial charge is 0.478 e. The number of nitrogens with two attached hydrogens (primary N) is 1. The number of benzene rings is 2. The predicted molar refractivity (Wildman–Crippen MR) is 80.1 cm³/mol. The molecule has 0 aliphatic carbocycles. The summed E-state index contributed by atoms with van der Waals surface area (Å²) >= 11 is 0. The third-order valence-electron chi connectivity index (χ3n) is 3.71. The van der Waals surface area contributed by atoms with Crippen LogP contribution in [-0.2, 0) is 0 Å². The first-order chi connectivity index (χ1) is 9.40. The first kappa shape index (κ1) is 14.3. The number of aromatic carboxylic acids is 1. The van der Waals surface area contributed by atoms with E-state index in [1.807, 2.05) is 13.0 Å². The van der Waals surface area contributed by atoms with Gasteiger partial charge < -0.3 is 10.8 Å². The lowest BCUT2D eigenvalue weighted by molar-refractivity contribution is 0.0696. The quantitative estimate of drug-likeness (QED) is 0.898. The van der Waals surface area contributed by atoms with Crippen LogP contribution in [0.5, 0.6) is 0 Å². The standard InChI is InChI=1S/C17H19NO2/c1-10-7-12(3)15(8-11(10)2)16(18)13-5-4-6-14(9-13)17(19)20/h4-9,16H,18H2,1-3H3,(H,19,20). The zero-order valence-corrected chi connectivity index (χ0v) is 12.0. The molecular weight excluding hydrogens is 250 g/mol. The third kappa shape index (κ3) is 2.73. The van der Waals surface area contributed by atoms with Crippen LogP contribution in [0.4, 0.5) is 0 Å². The zero-order chi connectivity index (χ0) is 14.9. The van der Waals surface area contributed by atoms with Crippen LogP contribution in [0.25, 0.3) is 0 Å². The second-order valence-corrected chi connectivity index (χ2v) is 5.20. The maximum atomic E-state index is 11.0. The van der Waals surface area contributed by atoms with Crippen molar-refractivity contribution >= 4 is 5.97 Å². The summed E-state index contributed by atoms with van der Waals surface area (Å²) in [7, 11) is 0. The molecule has 1 atom stereocenters. The van der Waals surface area contributed by atoms with Crippen molar-refractivity contribution < 1.29 is 9.90 Å². The Kier molecular flexibility index (Phi) is 3.91. The van der Waals surface area contributed by atoms with Crippen molar-refractivity contribution in [2.45, 2.75) is 26.8 Å². The minimum Gasteiger partial charge on any atom is -0.478 e. The lowest BCUT2D eigenvalue weighted by Gasteiger charge is -2.17. The molecule has 0 saturated carbocycles. The van der Waals surface area contributed by atoms with Crippen LogP contribution >= 0.6 is 0 Å². The van der Waals surface area contributed by atoms with Gasteiger partial charge in [0, 0.05) is 0 Å². The van der Waals surface area contributed by atoms with Gasteiger partial charge in [-0.15, -0.1) is 0 Å². The van der Waals surface area contributed by atoms with Crippen molar-refractivity contribution in [2.24, 2.45) is 5.73 Å². The molecule has 0 heterocycles. The Morgan fingerprint density at radius 1 is 1.05 bits per heavy atom. The van der Waals surface area contributed by atoms with Crippen LogP contribution in [0, 0.1) is 20.8 Å². The maximum Gasteiger partial charge on any atom is 0.335 e. The van der Waals surface area contributed by atoms with E-state index in [9.17, 15) is 4.79 Å². The van der Waals surface area contributed by atoms with Crippen LogP contribution in [0.2, 0.25) is 0 Å². The van der Waals surface area contributed by atoms with Gasteiger partial charge in [0.25, 0.3) is 0 Å². The van der Waals surface area contributed by atoms with Gasteiger partial charge in [-0.25, -0.2) is 4.79 Å². The Bertz CT molecular complexity index is 662. The third-order valence-corrected chi connectivity index (χ3v) is 3.71. The molecule has 104 valence electrons. The van der Waals surface area contributed by atoms with Crippen LogP contribution in [0.15, 0.2) is 36.4 Å². The number of carbonyl (C=O) groups is 1. The van der Waals surface area contributed by atoms with Crippen molar-refractivity contribution in [3.63, 3.8) is 0 Å². The molecule has 0 aromatic heterocycles. The molecule has 0 amide bonds. The Labute approximate surface area is 119 Å². The number of hydrogen-bond acceptors (Lipinski definition) is 2. The molecule has 1 unspecified atom stereocenters. The van der Waals surface area contributed by atoms with E-state index < -0.39 is 5.97 Å². The second kappa shape index (κ2) is 5.47. The van der Waals surface area contributed by atoms with Crippen molar-refractivity contribution in [3.05, 3.63) is 69.8 Å². The number of carboxylic acids is 1. The molecule has 2 aromatic rings. The van der Waals surface area contributed by atoms with E-state index in [2.05, 4.69) is 26.0 Å². The van der Waals surface area contributed by atoms with Gasteiger partial charge in [-0.05, 0) is 60.7 Å². The summed E-state index contributed by atoms with van der Waals surface area (Å²) in [4.78, 5) is 11.0. The average molecular weight is 269 g/mol. The van der Waals surface area contributed by atoms with Crippen LogP contribution in [-0.4, -0.2) is 11.1 Å². The lowest BCUT2D eigenvalue weighted by Crippen LogP contribution is -2.14. The molecule has 0 radical (unpaired) electrons. The highest BCUT2D eigenvalue weighted by molar-refractivity contribution is 5.87. The Balaban J connectivity index is 2.46. The normalized spacial score (nSPS) is 12.2. The van der Waals surface area contributed by atoms with Gasteiger partial charge in [-0.2, -0.15) is 0 Å². The molecule has 3 nitrogen and oxygen atoms in total. The first-order valence-corrected chi connectivity index (χ1v) is 6.56. The number of hydrogen-bond donors (Lipinski definition) is 2. The number of rotatable bonds is 3. The molecule has 2 rings (SSSR count). The van der Waals surface area contributed by atoms with Gasteiger partial charge in [-0.1, -0.05) is 24.3 Å². The molecule has 0 saturated heterocycles. The van der Waals surface area contributed by atoms with Gasteiger partial charge in [0.2, 0.25) is 0 Å². The summed E-state index contributed by atoms with van der Waals surface area (Å²) in [5, 5.41) is 9.06. The minimum atomic E-state index is -0.934. The van der Waals surface area contributed by atoms with Gasteiger partial charge >= 0.3 is 5.97 Å². The molecule has 3 N–H and O–H groups in total. The molecule has 0 aliphatic rings. The molecule has 0 aliphatic heterocycles. The van der Waals surface area contributed by atoms with Gasteiger partial charge in [0.1, 0.15) is 0 Å². The van der Waals surface area contributed by atoms with E-state index in [-0.39, 0.29) is 11.6 Å². The van der Waals surface area contributed by atoms with E-state index in [0.717, 1.165) is 16.7 Å². The van der Waals surface area contributed by atoms with Gasteiger partial charge in [-0.3, -0.25) is 0 Å². The fourth-order valence-corrected chi connectivity index (χ4v) is 2.36. The summed E-state index contributed by atoms with van der Waals surface area (Å²) in [6.45, 7) is 6.16. The fourth-order valence-electron chi connectivity index (χ4n) is 2.36. The van der Waals surface area contributed by atoms with E-state index in [4.69, 9.17) is 10.8 Å². The van der Waals surface area contributed by atoms with Crippen molar-refractivity contribution in [1.82, 2.24) is 0 Å². The predicted octanol–water partition coefficient (Wildman–Crippen LogP) is 3.36. The van der Waals surface area contributed by atoms with E-state index in [1.165, 1.54) is 11.1 Å². The van der Waals surface area contributed by atoms with E-state index in [0.29, 0.717) is 0 Å². The molecule has 3 heteroatoms. The van der Waals surface area contributed by atoms with Crippen molar-refractivity contribution in [3.8, 4) is 0 Å². The molecule has 20 heavy (non-hydrogen) atoms. The summed E-state index contributed by atoms with van der Waals surface area (Å²) in [5.41, 5.74) is 12.0. The topological polar surface area (TPSA) is 63.3 Å². The lowest BCUT2D eigenvalue weighted by atomic mass is 9.91. The number of carboxylic acid groups (broad SMARTS) is 1. The summed E-state index contributed by atoms with van der Waals surface area (Å²) < 4.78 is 0. The van der Waals surface area contributed by atoms with E-state index in [1.54, 1.807) is 18.2 Å². The summed E-state index contributed by atoms with van der Waals surface area (Å²) in [5.74, 6) is -0.934. The van der Waals surface area contributed by atoms with Crippen LogP contribution in [0.3, 0.4) is 0 Å². The summed E-state index contributed by atoms with van der Waals surface area (Å²) in [6.07, 6.45) is 0. The van der Waals surface area contributed by atoms with Gasteiger partial charge in [0.15, 0.2) is 0 Å². The Hall–Kier alpha value is -2.13. The summed E-state index contributed by atoms with van der Waals surface area (Å²) in [6, 6.07) is 10.7. The SMILES string of the molecule is Cc1cc(C)c(C(N)c2cccc(C(=O)O)c2)cc1C. The highest BCUT2D eigenvalue weighted by Crippen LogP contribution is 2.26. The zero-order valence-electron chi connectivity index (χ0n) is 12.0. The Morgan fingerprint density at radius 2 is 1.70 bits per heavy atom.